The average molecular weight is 211 g/mol. The van der Waals surface area contributed by atoms with Crippen molar-refractivity contribution < 1.29 is 4.74 Å². The molecule has 86 valence electrons. The van der Waals surface area contributed by atoms with Gasteiger partial charge < -0.3 is 4.74 Å². The van der Waals surface area contributed by atoms with Crippen molar-refractivity contribution in [2.24, 2.45) is 0 Å². The van der Waals surface area contributed by atoms with Crippen LogP contribution < -0.4 is 0 Å². The van der Waals surface area contributed by atoms with Gasteiger partial charge in [0.25, 0.3) is 0 Å². The molecule has 0 saturated carbocycles. The largest absolute Gasteiger partial charge is 0.379 e. The maximum absolute atomic E-state index is 5.27. The summed E-state index contributed by atoms with van der Waals surface area (Å²) in [4.78, 5) is 2.41. The molecule has 1 aliphatic rings. The molecule has 0 radical (unpaired) electrons. The van der Waals surface area contributed by atoms with Gasteiger partial charge in [0.15, 0.2) is 0 Å². The van der Waals surface area contributed by atoms with Crippen molar-refractivity contribution in [3.8, 4) is 0 Å². The van der Waals surface area contributed by atoms with Crippen molar-refractivity contribution in [3.63, 3.8) is 0 Å². The highest BCUT2D eigenvalue weighted by Crippen LogP contribution is 1.96. The lowest BCUT2D eigenvalue weighted by molar-refractivity contribution is 0.0360. The van der Waals surface area contributed by atoms with E-state index in [0.717, 1.165) is 39.4 Å². The molecule has 2 rings (SSSR count). The van der Waals surface area contributed by atoms with Gasteiger partial charge in [-0.15, -0.1) is 0 Å². The van der Waals surface area contributed by atoms with E-state index in [1.54, 1.807) is 0 Å². The Labute approximate surface area is 91.8 Å². The molecule has 0 amide bonds. The zero-order valence-corrected chi connectivity index (χ0v) is 9.72. The second-order valence-corrected chi connectivity index (χ2v) is 3.22. The first kappa shape index (κ1) is 12.2. The van der Waals surface area contributed by atoms with E-state index in [0.29, 0.717) is 0 Å². The lowest BCUT2D eigenvalue weighted by atomic mass is 10.4. The number of aromatic nitrogens is 2. The number of rotatable bonds is 3. The minimum absolute atomic E-state index is 0.874. The molecule has 2 heterocycles. The fraction of sp³-hybridized carbons (Fsp3) is 0.727. The SMILES string of the molecule is CC.c1cnn(CCN2CCOCC2)c1. The van der Waals surface area contributed by atoms with Crippen molar-refractivity contribution in [1.82, 2.24) is 14.7 Å². The zero-order chi connectivity index (χ0) is 10.9. The van der Waals surface area contributed by atoms with Crippen LogP contribution in [0.3, 0.4) is 0 Å². The van der Waals surface area contributed by atoms with Crippen molar-refractivity contribution >= 4 is 0 Å². The van der Waals surface area contributed by atoms with Crippen LogP contribution >= 0.6 is 0 Å². The quantitative estimate of drug-likeness (QED) is 0.753. The summed E-state index contributed by atoms with van der Waals surface area (Å²) in [6.07, 6.45) is 3.82. The molecule has 1 aromatic rings. The molecule has 1 fully saturated rings. The summed E-state index contributed by atoms with van der Waals surface area (Å²) in [6, 6.07) is 1.96. The summed E-state index contributed by atoms with van der Waals surface area (Å²) in [6.45, 7) is 9.92. The lowest BCUT2D eigenvalue weighted by Crippen LogP contribution is -2.38. The lowest BCUT2D eigenvalue weighted by Gasteiger charge is -2.26. The minimum atomic E-state index is 0.874. The van der Waals surface area contributed by atoms with Crippen LogP contribution in [0.15, 0.2) is 18.5 Å². The van der Waals surface area contributed by atoms with Crippen LogP contribution in [0.1, 0.15) is 13.8 Å². The normalized spacial score (nSPS) is 16.9. The highest BCUT2D eigenvalue weighted by atomic mass is 16.5. The number of nitrogens with zero attached hydrogens (tertiary/aromatic N) is 3. The fourth-order valence-electron chi connectivity index (χ4n) is 1.50. The molecule has 4 nitrogen and oxygen atoms in total. The fourth-order valence-corrected chi connectivity index (χ4v) is 1.50. The van der Waals surface area contributed by atoms with Gasteiger partial charge in [0.05, 0.1) is 19.8 Å². The van der Waals surface area contributed by atoms with E-state index >= 15 is 0 Å². The molecule has 0 N–H and O–H groups in total. The summed E-state index contributed by atoms with van der Waals surface area (Å²) in [5.74, 6) is 0. The first-order valence-electron chi connectivity index (χ1n) is 5.73. The molecule has 15 heavy (non-hydrogen) atoms. The Morgan fingerprint density at radius 3 is 2.53 bits per heavy atom. The highest BCUT2D eigenvalue weighted by molar-refractivity contribution is 4.78. The molecule has 0 aliphatic carbocycles. The summed E-state index contributed by atoms with van der Waals surface area (Å²) in [5.41, 5.74) is 0. The van der Waals surface area contributed by atoms with Crippen molar-refractivity contribution in [1.29, 1.82) is 0 Å². The van der Waals surface area contributed by atoms with E-state index in [1.807, 2.05) is 37.0 Å². The summed E-state index contributed by atoms with van der Waals surface area (Å²) >= 11 is 0. The molecular formula is C11H21N3O. The van der Waals surface area contributed by atoms with Crippen LogP contribution in [-0.4, -0.2) is 47.5 Å². The van der Waals surface area contributed by atoms with Crippen LogP contribution in [0.2, 0.25) is 0 Å². The van der Waals surface area contributed by atoms with E-state index in [2.05, 4.69) is 10.00 Å². The first-order chi connectivity index (χ1) is 7.45. The highest BCUT2D eigenvalue weighted by Gasteiger charge is 2.09. The molecule has 1 aromatic heterocycles. The summed E-state index contributed by atoms with van der Waals surface area (Å²) in [5, 5.41) is 4.16. The van der Waals surface area contributed by atoms with Crippen LogP contribution in [0.4, 0.5) is 0 Å². The van der Waals surface area contributed by atoms with E-state index < -0.39 is 0 Å². The molecular weight excluding hydrogens is 190 g/mol. The van der Waals surface area contributed by atoms with Crippen molar-refractivity contribution in [2.45, 2.75) is 20.4 Å². The van der Waals surface area contributed by atoms with Crippen LogP contribution in [0.25, 0.3) is 0 Å². The first-order valence-corrected chi connectivity index (χ1v) is 5.73. The molecule has 0 unspecified atom stereocenters. The number of morpholine rings is 1. The van der Waals surface area contributed by atoms with E-state index in [1.165, 1.54) is 0 Å². The van der Waals surface area contributed by atoms with Crippen LogP contribution in [-0.2, 0) is 11.3 Å². The van der Waals surface area contributed by atoms with E-state index in [4.69, 9.17) is 4.74 Å². The molecule has 0 spiro atoms. The second kappa shape index (κ2) is 7.43. The van der Waals surface area contributed by atoms with Gasteiger partial charge in [-0.1, -0.05) is 13.8 Å². The topological polar surface area (TPSA) is 30.3 Å². The third-order valence-corrected chi connectivity index (χ3v) is 2.31. The Morgan fingerprint density at radius 1 is 1.20 bits per heavy atom. The predicted octanol–water partition coefficient (Wildman–Crippen LogP) is 1.24. The van der Waals surface area contributed by atoms with Crippen LogP contribution in [0.5, 0.6) is 0 Å². The Kier molecular flexibility index (Phi) is 6.04. The van der Waals surface area contributed by atoms with Gasteiger partial charge in [-0.3, -0.25) is 9.58 Å². The van der Waals surface area contributed by atoms with Gasteiger partial charge >= 0.3 is 0 Å². The smallest absolute Gasteiger partial charge is 0.0594 e. The Morgan fingerprint density at radius 2 is 1.93 bits per heavy atom. The van der Waals surface area contributed by atoms with Gasteiger partial charge in [0.2, 0.25) is 0 Å². The third-order valence-electron chi connectivity index (χ3n) is 2.31. The Balaban J connectivity index is 0.000000531. The van der Waals surface area contributed by atoms with Gasteiger partial charge in [-0.05, 0) is 6.07 Å². The average Bonchev–Trinajstić information content (AvgIpc) is 2.83. The predicted molar refractivity (Wildman–Crippen MR) is 60.8 cm³/mol. The van der Waals surface area contributed by atoms with E-state index in [9.17, 15) is 0 Å². The van der Waals surface area contributed by atoms with Crippen LogP contribution in [0, 0.1) is 0 Å². The number of hydrogen-bond acceptors (Lipinski definition) is 3. The Hall–Kier alpha value is -0.870. The maximum Gasteiger partial charge on any atom is 0.0594 e. The molecule has 4 heteroatoms. The third kappa shape index (κ3) is 4.44. The second-order valence-electron chi connectivity index (χ2n) is 3.22. The maximum atomic E-state index is 5.27. The van der Waals surface area contributed by atoms with E-state index in [-0.39, 0.29) is 0 Å². The molecule has 1 saturated heterocycles. The number of ether oxygens (including phenoxy) is 1. The van der Waals surface area contributed by atoms with Crippen molar-refractivity contribution in [3.05, 3.63) is 18.5 Å². The molecule has 1 aliphatic heterocycles. The number of hydrogen-bond donors (Lipinski definition) is 0. The standard InChI is InChI=1S/C9H15N3O.C2H6/c1-2-10-12(3-1)5-4-11-6-8-13-9-7-11;1-2/h1-3H,4-9H2;1-2H3. The van der Waals surface area contributed by atoms with Crippen molar-refractivity contribution in [2.75, 3.05) is 32.8 Å². The minimum Gasteiger partial charge on any atom is -0.379 e. The molecule has 0 aromatic carbocycles. The molecule has 0 atom stereocenters. The monoisotopic (exact) mass is 211 g/mol. The Bertz CT molecular complexity index is 230. The molecule has 0 bridgehead atoms. The van der Waals surface area contributed by atoms with Gasteiger partial charge in [-0.2, -0.15) is 5.10 Å². The van der Waals surface area contributed by atoms with Gasteiger partial charge in [-0.25, -0.2) is 0 Å². The van der Waals surface area contributed by atoms with Gasteiger partial charge in [0.1, 0.15) is 0 Å². The van der Waals surface area contributed by atoms with Gasteiger partial charge in [0, 0.05) is 32.0 Å². The summed E-state index contributed by atoms with van der Waals surface area (Å²) < 4.78 is 7.24. The summed E-state index contributed by atoms with van der Waals surface area (Å²) in [7, 11) is 0. The zero-order valence-electron chi connectivity index (χ0n) is 9.72.